The number of ketones is 1. The van der Waals surface area contributed by atoms with Crippen LogP contribution in [-0.2, 0) is 0 Å². The number of carbonyl (C=O) groups excluding carboxylic acids is 1. The number of aromatic hydroxyl groups is 1. The van der Waals surface area contributed by atoms with Gasteiger partial charge in [0, 0.05) is 14.7 Å². The molecule has 0 bridgehead atoms. The molecule has 0 saturated heterocycles. The summed E-state index contributed by atoms with van der Waals surface area (Å²) in [6.45, 7) is 3.32. The smallest absolute Gasteiger partial charge is 0.160 e. The number of rotatable bonds is 1. The highest BCUT2D eigenvalue weighted by Crippen LogP contribution is 2.25. The quantitative estimate of drug-likeness (QED) is 0.632. The molecular weight excluding hydrogens is 267 g/mol. The summed E-state index contributed by atoms with van der Waals surface area (Å²) in [5.41, 5.74) is 1.44. The summed E-state index contributed by atoms with van der Waals surface area (Å²) in [7, 11) is 0. The van der Waals surface area contributed by atoms with Crippen LogP contribution in [0.3, 0.4) is 0 Å². The van der Waals surface area contributed by atoms with Crippen LogP contribution in [0.2, 0.25) is 0 Å². The Morgan fingerprint density at radius 2 is 2.08 bits per heavy atom. The monoisotopic (exact) mass is 276 g/mol. The third-order valence-corrected chi connectivity index (χ3v) is 3.13. The third-order valence-electron chi connectivity index (χ3n) is 1.74. The summed E-state index contributed by atoms with van der Waals surface area (Å²) in [5.74, 6) is 0.270. The number of hydrogen-bond donors (Lipinski definition) is 1. The summed E-state index contributed by atoms with van der Waals surface area (Å²) in [6, 6.07) is 3.20. The SMILES string of the molecule is CC(=O)c1ccc(O)c(C)c1I. The molecule has 1 aromatic rings. The molecule has 0 aromatic heterocycles. The fourth-order valence-electron chi connectivity index (χ4n) is 0.947. The van der Waals surface area contributed by atoms with Crippen molar-refractivity contribution in [2.24, 2.45) is 0 Å². The molecule has 0 amide bonds. The summed E-state index contributed by atoms with van der Waals surface area (Å²) in [6.07, 6.45) is 0. The first-order valence-corrected chi connectivity index (χ1v) is 4.61. The van der Waals surface area contributed by atoms with Gasteiger partial charge in [0.1, 0.15) is 5.75 Å². The van der Waals surface area contributed by atoms with E-state index < -0.39 is 0 Å². The molecule has 0 aliphatic rings. The first-order valence-electron chi connectivity index (χ1n) is 3.53. The Hall–Kier alpha value is -0.580. The average molecular weight is 276 g/mol. The lowest BCUT2D eigenvalue weighted by Crippen LogP contribution is -1.97. The van der Waals surface area contributed by atoms with Crippen LogP contribution in [0.5, 0.6) is 5.75 Å². The van der Waals surface area contributed by atoms with E-state index >= 15 is 0 Å². The predicted molar refractivity (Wildman–Crippen MR) is 55.6 cm³/mol. The van der Waals surface area contributed by atoms with Gasteiger partial charge >= 0.3 is 0 Å². The molecule has 0 spiro atoms. The minimum atomic E-state index is 0.0301. The van der Waals surface area contributed by atoms with Gasteiger partial charge in [0.15, 0.2) is 5.78 Å². The maximum Gasteiger partial charge on any atom is 0.160 e. The van der Waals surface area contributed by atoms with Gasteiger partial charge in [0.25, 0.3) is 0 Å². The normalized spacial score (nSPS) is 9.92. The molecule has 0 atom stereocenters. The number of halogens is 1. The molecule has 64 valence electrons. The zero-order valence-corrected chi connectivity index (χ0v) is 9.05. The van der Waals surface area contributed by atoms with E-state index in [1.54, 1.807) is 19.1 Å². The van der Waals surface area contributed by atoms with Crippen molar-refractivity contribution in [1.29, 1.82) is 0 Å². The maximum atomic E-state index is 11.0. The van der Waals surface area contributed by atoms with Crippen molar-refractivity contribution in [2.45, 2.75) is 13.8 Å². The van der Waals surface area contributed by atoms with Crippen molar-refractivity contribution in [3.8, 4) is 5.75 Å². The largest absolute Gasteiger partial charge is 0.508 e. The number of phenols is 1. The molecule has 0 radical (unpaired) electrons. The van der Waals surface area contributed by atoms with E-state index in [4.69, 9.17) is 0 Å². The number of Topliss-reactive ketones (excluding diaryl/α,β-unsaturated/α-hetero) is 1. The van der Waals surface area contributed by atoms with Gasteiger partial charge in [-0.2, -0.15) is 0 Å². The van der Waals surface area contributed by atoms with Gasteiger partial charge in [-0.15, -0.1) is 0 Å². The molecule has 1 aromatic carbocycles. The molecule has 0 aliphatic heterocycles. The Labute approximate surface area is 84.7 Å². The fraction of sp³-hybridized carbons (Fsp3) is 0.222. The van der Waals surface area contributed by atoms with E-state index in [2.05, 4.69) is 22.6 Å². The lowest BCUT2D eigenvalue weighted by Gasteiger charge is -2.05. The predicted octanol–water partition coefficient (Wildman–Crippen LogP) is 2.51. The average Bonchev–Trinajstić information content (AvgIpc) is 2.00. The van der Waals surface area contributed by atoms with Gasteiger partial charge in [0.2, 0.25) is 0 Å². The third kappa shape index (κ3) is 1.60. The molecule has 3 heteroatoms. The molecule has 1 rings (SSSR count). The van der Waals surface area contributed by atoms with E-state index in [9.17, 15) is 9.90 Å². The first kappa shape index (κ1) is 9.51. The van der Waals surface area contributed by atoms with Crippen molar-refractivity contribution in [2.75, 3.05) is 0 Å². The highest BCUT2D eigenvalue weighted by atomic mass is 127. The Morgan fingerprint density at radius 1 is 1.50 bits per heavy atom. The maximum absolute atomic E-state index is 11.0. The Morgan fingerprint density at radius 3 is 2.58 bits per heavy atom. The zero-order valence-electron chi connectivity index (χ0n) is 6.89. The van der Waals surface area contributed by atoms with Gasteiger partial charge in [-0.25, -0.2) is 0 Å². The van der Waals surface area contributed by atoms with E-state index in [0.717, 1.165) is 9.13 Å². The fourth-order valence-corrected chi connectivity index (χ4v) is 1.78. The first-order chi connectivity index (χ1) is 5.54. The molecule has 0 aliphatic carbocycles. The lowest BCUT2D eigenvalue weighted by atomic mass is 10.1. The van der Waals surface area contributed by atoms with Gasteiger partial charge in [-0.05, 0) is 48.6 Å². The molecule has 0 saturated carbocycles. The molecule has 2 nitrogen and oxygen atoms in total. The summed E-state index contributed by atoms with van der Waals surface area (Å²) < 4.78 is 0.833. The van der Waals surface area contributed by atoms with Crippen LogP contribution in [-0.4, -0.2) is 10.9 Å². The number of carbonyl (C=O) groups is 1. The highest BCUT2D eigenvalue weighted by Gasteiger charge is 2.09. The van der Waals surface area contributed by atoms with Crippen molar-refractivity contribution < 1.29 is 9.90 Å². The summed E-state index contributed by atoms with van der Waals surface area (Å²) in [5, 5.41) is 9.29. The van der Waals surface area contributed by atoms with Crippen LogP contribution in [0.1, 0.15) is 22.8 Å². The zero-order chi connectivity index (χ0) is 9.30. The van der Waals surface area contributed by atoms with Crippen LogP contribution < -0.4 is 0 Å². The lowest BCUT2D eigenvalue weighted by molar-refractivity contribution is 0.101. The van der Waals surface area contributed by atoms with E-state index in [1.165, 1.54) is 6.92 Å². The van der Waals surface area contributed by atoms with Crippen LogP contribution in [0.4, 0.5) is 0 Å². The Bertz CT molecular complexity index is 332. The minimum absolute atomic E-state index is 0.0301. The molecular formula is C9H9IO2. The van der Waals surface area contributed by atoms with Crippen molar-refractivity contribution in [1.82, 2.24) is 0 Å². The Balaban J connectivity index is 3.36. The van der Waals surface area contributed by atoms with E-state index in [-0.39, 0.29) is 11.5 Å². The van der Waals surface area contributed by atoms with Crippen LogP contribution in [0.15, 0.2) is 12.1 Å². The highest BCUT2D eigenvalue weighted by molar-refractivity contribution is 14.1. The number of phenolic OH excluding ortho intramolecular Hbond substituents is 1. The second-order valence-corrected chi connectivity index (χ2v) is 3.71. The Kier molecular flexibility index (Phi) is 2.72. The van der Waals surface area contributed by atoms with Gasteiger partial charge < -0.3 is 5.11 Å². The molecule has 0 unspecified atom stereocenters. The van der Waals surface area contributed by atoms with E-state index in [0.29, 0.717) is 5.56 Å². The van der Waals surface area contributed by atoms with E-state index in [1.807, 2.05) is 0 Å². The summed E-state index contributed by atoms with van der Waals surface area (Å²) >= 11 is 2.06. The van der Waals surface area contributed by atoms with Crippen molar-refractivity contribution in [3.05, 3.63) is 26.8 Å². The van der Waals surface area contributed by atoms with Gasteiger partial charge in [0.05, 0.1) is 0 Å². The van der Waals surface area contributed by atoms with Crippen LogP contribution in [0.25, 0.3) is 0 Å². The van der Waals surface area contributed by atoms with Crippen LogP contribution in [0, 0.1) is 10.5 Å². The number of hydrogen-bond acceptors (Lipinski definition) is 2. The van der Waals surface area contributed by atoms with Crippen molar-refractivity contribution >= 4 is 28.4 Å². The summed E-state index contributed by atoms with van der Waals surface area (Å²) in [4.78, 5) is 11.0. The second-order valence-electron chi connectivity index (χ2n) is 2.63. The second kappa shape index (κ2) is 3.43. The molecule has 0 fully saturated rings. The standard InChI is InChI=1S/C9H9IO2/c1-5-8(12)4-3-7(6(2)11)9(5)10/h3-4,12H,1-2H3. The van der Waals surface area contributed by atoms with Crippen molar-refractivity contribution in [3.63, 3.8) is 0 Å². The minimum Gasteiger partial charge on any atom is -0.508 e. The molecule has 1 N–H and O–H groups in total. The van der Waals surface area contributed by atoms with Gasteiger partial charge in [-0.1, -0.05) is 0 Å². The van der Waals surface area contributed by atoms with Crippen LogP contribution >= 0.6 is 22.6 Å². The van der Waals surface area contributed by atoms with Gasteiger partial charge in [-0.3, -0.25) is 4.79 Å². The molecule has 12 heavy (non-hydrogen) atoms. The molecule has 0 heterocycles. The number of benzene rings is 1. The topological polar surface area (TPSA) is 37.3 Å².